The van der Waals surface area contributed by atoms with Gasteiger partial charge in [0.05, 0.1) is 22.4 Å². The number of anilines is 1. The molecule has 174 valence electrons. The molecular weight excluding hydrogens is 430 g/mol. The number of hydrogen-bond acceptors (Lipinski definition) is 5. The number of imide groups is 1. The minimum Gasteiger partial charge on any atom is -0.454 e. The molecule has 0 unspecified atom stereocenters. The zero-order valence-electron chi connectivity index (χ0n) is 19.2. The van der Waals surface area contributed by atoms with Crippen molar-refractivity contribution in [1.82, 2.24) is 0 Å². The van der Waals surface area contributed by atoms with E-state index in [0.717, 1.165) is 29.7 Å². The van der Waals surface area contributed by atoms with Crippen LogP contribution in [0.2, 0.25) is 0 Å². The van der Waals surface area contributed by atoms with Crippen LogP contribution < -0.4 is 4.90 Å². The fourth-order valence-electron chi connectivity index (χ4n) is 7.22. The molecule has 34 heavy (non-hydrogen) atoms. The smallest absolute Gasteiger partial charge is 0.338 e. The van der Waals surface area contributed by atoms with Crippen LogP contribution in [0.3, 0.4) is 0 Å². The van der Waals surface area contributed by atoms with E-state index in [1.165, 1.54) is 37.5 Å². The van der Waals surface area contributed by atoms with E-state index in [4.69, 9.17) is 4.74 Å². The highest BCUT2D eigenvalue weighted by molar-refractivity contribution is 6.34. The lowest BCUT2D eigenvalue weighted by atomic mass is 9.48. The van der Waals surface area contributed by atoms with Crippen molar-refractivity contribution in [3.8, 4) is 0 Å². The third kappa shape index (κ3) is 3.23. The van der Waals surface area contributed by atoms with Crippen LogP contribution in [0.5, 0.6) is 0 Å². The third-order valence-corrected chi connectivity index (χ3v) is 8.44. The Labute approximate surface area is 198 Å². The van der Waals surface area contributed by atoms with E-state index < -0.39 is 17.8 Å². The number of aryl methyl sites for hydroxylation is 1. The summed E-state index contributed by atoms with van der Waals surface area (Å²) in [6.07, 6.45) is 6.52. The maximum Gasteiger partial charge on any atom is 0.338 e. The maximum atomic E-state index is 13.2. The summed E-state index contributed by atoms with van der Waals surface area (Å²) in [5.41, 5.74) is 1.62. The molecule has 1 heterocycles. The van der Waals surface area contributed by atoms with Crippen molar-refractivity contribution < 1.29 is 23.9 Å². The van der Waals surface area contributed by atoms with Gasteiger partial charge in [-0.2, -0.15) is 0 Å². The van der Waals surface area contributed by atoms with Gasteiger partial charge in [-0.3, -0.25) is 14.4 Å². The van der Waals surface area contributed by atoms with Crippen molar-refractivity contribution in [3.63, 3.8) is 0 Å². The number of amides is 2. The van der Waals surface area contributed by atoms with Gasteiger partial charge in [-0.05, 0) is 93.0 Å². The molecule has 2 aromatic carbocycles. The van der Waals surface area contributed by atoms with Crippen LogP contribution in [-0.4, -0.2) is 30.2 Å². The number of fused-ring (bicyclic) bond motifs is 1. The fraction of sp³-hybridized carbons (Fsp3) is 0.429. The molecule has 0 N–H and O–H groups in total. The number of ketones is 1. The number of Topliss-reactive ketones (excluding diaryl/α,β-unsaturated/α-hetero) is 1. The zero-order chi connectivity index (χ0) is 23.6. The Bertz CT molecular complexity index is 1210. The van der Waals surface area contributed by atoms with Crippen LogP contribution >= 0.6 is 0 Å². The van der Waals surface area contributed by atoms with Crippen LogP contribution in [0.1, 0.15) is 75.2 Å². The first-order valence-corrected chi connectivity index (χ1v) is 12.1. The molecule has 4 bridgehead atoms. The van der Waals surface area contributed by atoms with Gasteiger partial charge in [-0.25, -0.2) is 9.69 Å². The predicted molar refractivity (Wildman–Crippen MR) is 125 cm³/mol. The monoisotopic (exact) mass is 457 g/mol. The van der Waals surface area contributed by atoms with Gasteiger partial charge in [-0.15, -0.1) is 0 Å². The Morgan fingerprint density at radius 1 is 0.912 bits per heavy atom. The van der Waals surface area contributed by atoms with Crippen molar-refractivity contribution in [2.75, 3.05) is 11.5 Å². The highest BCUT2D eigenvalue weighted by Crippen LogP contribution is 2.60. The van der Waals surface area contributed by atoms with E-state index in [-0.39, 0.29) is 34.5 Å². The third-order valence-electron chi connectivity index (χ3n) is 8.44. The van der Waals surface area contributed by atoms with E-state index in [1.807, 2.05) is 19.1 Å². The van der Waals surface area contributed by atoms with Crippen molar-refractivity contribution in [2.45, 2.75) is 45.4 Å². The number of ether oxygens (including phenoxy) is 1. The van der Waals surface area contributed by atoms with Crippen molar-refractivity contribution in [3.05, 3.63) is 64.7 Å². The van der Waals surface area contributed by atoms with Crippen LogP contribution in [-0.2, 0) is 9.53 Å². The standard InChI is InChI=1S/C28H27NO5/c1-16-4-2-3-5-23(16)29-25(31)21-7-6-20(11-22(21)26(29)32)27(33)34-15-24(30)28-12-17-8-18(13-28)10-19(9-17)14-28/h2-7,11,17-19H,8-10,12-15H2,1H3. The number of benzene rings is 2. The number of rotatable bonds is 5. The van der Waals surface area contributed by atoms with Gasteiger partial charge < -0.3 is 4.74 Å². The van der Waals surface area contributed by atoms with Gasteiger partial charge in [0.15, 0.2) is 12.4 Å². The SMILES string of the molecule is Cc1ccccc1N1C(=O)c2ccc(C(=O)OCC(=O)C34CC5CC(CC(C5)C3)C4)cc2C1=O. The number of para-hydroxylation sites is 1. The summed E-state index contributed by atoms with van der Waals surface area (Å²) in [5, 5.41) is 0. The topological polar surface area (TPSA) is 80.8 Å². The normalized spacial score (nSPS) is 28.9. The molecule has 6 nitrogen and oxygen atoms in total. The van der Waals surface area contributed by atoms with Gasteiger partial charge >= 0.3 is 5.97 Å². The lowest BCUT2D eigenvalue weighted by Gasteiger charge is -2.55. The Morgan fingerprint density at radius 2 is 1.53 bits per heavy atom. The zero-order valence-corrected chi connectivity index (χ0v) is 19.2. The minimum atomic E-state index is -0.643. The highest BCUT2D eigenvalue weighted by Gasteiger charge is 2.54. The van der Waals surface area contributed by atoms with Crippen LogP contribution in [0, 0.1) is 30.1 Å². The molecule has 0 saturated heterocycles. The van der Waals surface area contributed by atoms with E-state index >= 15 is 0 Å². The van der Waals surface area contributed by atoms with E-state index in [2.05, 4.69) is 0 Å². The van der Waals surface area contributed by atoms with Gasteiger partial charge in [0.2, 0.25) is 0 Å². The number of carbonyl (C=O) groups is 4. The molecule has 1 aliphatic heterocycles. The fourth-order valence-corrected chi connectivity index (χ4v) is 7.22. The number of esters is 1. The predicted octanol–water partition coefficient (Wildman–Crippen LogP) is 4.74. The molecule has 0 radical (unpaired) electrons. The Kier molecular flexibility index (Phi) is 4.77. The van der Waals surface area contributed by atoms with E-state index in [1.54, 1.807) is 12.1 Å². The minimum absolute atomic E-state index is 0.0399. The van der Waals surface area contributed by atoms with Gasteiger partial charge in [0.25, 0.3) is 11.8 Å². The lowest BCUT2D eigenvalue weighted by molar-refractivity contribution is -0.147. The van der Waals surface area contributed by atoms with Crippen LogP contribution in [0.25, 0.3) is 0 Å². The Balaban J connectivity index is 1.17. The summed E-state index contributed by atoms with van der Waals surface area (Å²) < 4.78 is 5.43. The van der Waals surface area contributed by atoms with Crippen LogP contribution in [0.15, 0.2) is 42.5 Å². The van der Waals surface area contributed by atoms with Crippen molar-refractivity contribution in [1.29, 1.82) is 0 Å². The average Bonchev–Trinajstić information content (AvgIpc) is 3.06. The summed E-state index contributed by atoms with van der Waals surface area (Å²) in [6.45, 7) is 1.60. The second-order valence-electron chi connectivity index (χ2n) is 10.7. The molecule has 0 aromatic heterocycles. The van der Waals surface area contributed by atoms with Crippen LogP contribution in [0.4, 0.5) is 5.69 Å². The first-order valence-electron chi connectivity index (χ1n) is 12.1. The molecule has 2 amide bonds. The number of carbonyl (C=O) groups excluding carboxylic acids is 4. The van der Waals surface area contributed by atoms with Gasteiger partial charge in [0.1, 0.15) is 0 Å². The van der Waals surface area contributed by atoms with Gasteiger partial charge in [-0.1, -0.05) is 18.2 Å². The second-order valence-corrected chi connectivity index (χ2v) is 10.7. The van der Waals surface area contributed by atoms with E-state index in [9.17, 15) is 19.2 Å². The molecule has 7 rings (SSSR count). The lowest BCUT2D eigenvalue weighted by Crippen LogP contribution is -2.51. The molecule has 4 fully saturated rings. The molecule has 5 aliphatic rings. The molecule has 4 saturated carbocycles. The molecule has 0 spiro atoms. The maximum absolute atomic E-state index is 13.2. The summed E-state index contributed by atoms with van der Waals surface area (Å²) >= 11 is 0. The Hall–Kier alpha value is -3.28. The number of hydrogen-bond donors (Lipinski definition) is 0. The summed E-state index contributed by atoms with van der Waals surface area (Å²) in [5.74, 6) is 0.445. The second kappa shape index (κ2) is 7.62. The summed E-state index contributed by atoms with van der Waals surface area (Å²) in [6, 6.07) is 11.6. The summed E-state index contributed by atoms with van der Waals surface area (Å²) in [7, 11) is 0. The molecule has 0 atom stereocenters. The first kappa shape index (κ1) is 21.3. The van der Waals surface area contributed by atoms with Crippen molar-refractivity contribution in [2.24, 2.45) is 23.2 Å². The first-order chi connectivity index (χ1) is 16.3. The highest BCUT2D eigenvalue weighted by atomic mass is 16.5. The Morgan fingerprint density at radius 3 is 2.18 bits per heavy atom. The van der Waals surface area contributed by atoms with Gasteiger partial charge in [0, 0.05) is 5.41 Å². The average molecular weight is 458 g/mol. The molecule has 6 heteroatoms. The summed E-state index contributed by atoms with van der Waals surface area (Å²) in [4.78, 5) is 53.1. The van der Waals surface area contributed by atoms with E-state index in [0.29, 0.717) is 23.4 Å². The van der Waals surface area contributed by atoms with Crippen molar-refractivity contribution >= 4 is 29.3 Å². The molecule has 4 aliphatic carbocycles. The largest absolute Gasteiger partial charge is 0.454 e. The molecule has 2 aromatic rings. The quantitative estimate of drug-likeness (QED) is 0.479. The molecular formula is C28H27NO5. The number of nitrogens with zero attached hydrogens (tertiary/aromatic N) is 1.